The van der Waals surface area contributed by atoms with Crippen LogP contribution in [0.3, 0.4) is 0 Å². The van der Waals surface area contributed by atoms with Gasteiger partial charge in [0, 0.05) is 7.05 Å². The molecule has 0 heterocycles. The van der Waals surface area contributed by atoms with Crippen molar-refractivity contribution in [2.24, 2.45) is 0 Å². The number of amides is 1. The quantitative estimate of drug-likeness (QED) is 0.211. The Balaban J connectivity index is 3.23. The van der Waals surface area contributed by atoms with Crippen LogP contribution in [0.25, 0.3) is 0 Å². The fourth-order valence-electron chi connectivity index (χ4n) is 3.12. The molecule has 0 rings (SSSR count). The first-order valence-corrected chi connectivity index (χ1v) is 11.1. The summed E-state index contributed by atoms with van der Waals surface area (Å²) in [6.07, 6.45) is 19.2. The maximum atomic E-state index is 11.5. The summed E-state index contributed by atoms with van der Waals surface area (Å²) in [5.41, 5.74) is 0. The van der Waals surface area contributed by atoms with E-state index in [9.17, 15) is 9.59 Å². The summed E-state index contributed by atoms with van der Waals surface area (Å²) in [4.78, 5) is 23.9. The first-order chi connectivity index (χ1) is 13.1. The van der Waals surface area contributed by atoms with Crippen LogP contribution in [0.4, 0.5) is 4.79 Å². The molecule has 5 nitrogen and oxygen atoms in total. The van der Waals surface area contributed by atoms with Gasteiger partial charge >= 0.3 is 12.1 Å². The van der Waals surface area contributed by atoms with Crippen molar-refractivity contribution < 1.29 is 19.1 Å². The number of methoxy groups -OCH3 is 1. The van der Waals surface area contributed by atoms with Crippen LogP contribution in [0.15, 0.2) is 0 Å². The molecular weight excluding hydrogens is 342 g/mol. The Kier molecular flexibility index (Phi) is 18.6. The van der Waals surface area contributed by atoms with Crippen molar-refractivity contribution >= 4 is 12.1 Å². The van der Waals surface area contributed by atoms with Crippen LogP contribution in [0, 0.1) is 0 Å². The van der Waals surface area contributed by atoms with Gasteiger partial charge in [0.25, 0.3) is 0 Å². The second-order valence-corrected chi connectivity index (χ2v) is 7.50. The molecule has 0 aliphatic carbocycles. The molecule has 0 aliphatic rings. The molecule has 0 aromatic rings. The summed E-state index contributed by atoms with van der Waals surface area (Å²) in [6.45, 7) is 2.64. The lowest BCUT2D eigenvalue weighted by Crippen LogP contribution is -2.32. The zero-order valence-corrected chi connectivity index (χ0v) is 18.1. The largest absolute Gasteiger partial charge is 0.464 e. The maximum Gasteiger partial charge on any atom is 0.409 e. The van der Waals surface area contributed by atoms with Crippen molar-refractivity contribution in [2.75, 3.05) is 27.3 Å². The van der Waals surface area contributed by atoms with Gasteiger partial charge in [-0.2, -0.15) is 0 Å². The Morgan fingerprint density at radius 3 is 1.52 bits per heavy atom. The van der Waals surface area contributed by atoms with E-state index in [1.807, 2.05) is 0 Å². The molecule has 0 aromatic heterocycles. The second kappa shape index (κ2) is 19.5. The van der Waals surface area contributed by atoms with Crippen LogP contribution in [0.2, 0.25) is 0 Å². The second-order valence-electron chi connectivity index (χ2n) is 7.50. The highest BCUT2D eigenvalue weighted by atomic mass is 16.5. The minimum atomic E-state index is -0.529. The van der Waals surface area contributed by atoms with Gasteiger partial charge in [-0.3, -0.25) is 4.79 Å². The molecule has 27 heavy (non-hydrogen) atoms. The predicted molar refractivity (Wildman–Crippen MR) is 111 cm³/mol. The Morgan fingerprint density at radius 2 is 1.11 bits per heavy atom. The van der Waals surface area contributed by atoms with Crippen molar-refractivity contribution in [3.05, 3.63) is 0 Å². The van der Waals surface area contributed by atoms with Crippen molar-refractivity contribution in [1.82, 2.24) is 4.90 Å². The molecule has 0 aliphatic heterocycles. The van der Waals surface area contributed by atoms with Gasteiger partial charge in [-0.15, -0.1) is 0 Å². The lowest BCUT2D eigenvalue weighted by Gasteiger charge is -2.14. The van der Waals surface area contributed by atoms with E-state index in [2.05, 4.69) is 11.7 Å². The van der Waals surface area contributed by atoms with E-state index in [0.717, 1.165) is 12.8 Å². The fourth-order valence-corrected chi connectivity index (χ4v) is 3.12. The number of unbranched alkanes of at least 4 members (excludes halogenated alkanes) is 14. The molecule has 0 radical (unpaired) electrons. The van der Waals surface area contributed by atoms with Crippen molar-refractivity contribution in [3.63, 3.8) is 0 Å². The third kappa shape index (κ3) is 17.9. The highest BCUT2D eigenvalue weighted by molar-refractivity contribution is 5.77. The third-order valence-electron chi connectivity index (χ3n) is 4.86. The Labute approximate surface area is 167 Å². The van der Waals surface area contributed by atoms with Gasteiger partial charge in [0.15, 0.2) is 0 Å². The van der Waals surface area contributed by atoms with Crippen LogP contribution in [0.1, 0.15) is 103 Å². The molecule has 0 aromatic carbocycles. The average molecular weight is 386 g/mol. The number of rotatable bonds is 18. The molecule has 1 amide bonds. The number of nitrogens with zero attached hydrogens (tertiary/aromatic N) is 1. The van der Waals surface area contributed by atoms with Crippen LogP contribution in [0.5, 0.6) is 0 Å². The average Bonchev–Trinajstić information content (AvgIpc) is 2.66. The summed E-state index contributed by atoms with van der Waals surface area (Å²) in [7, 11) is 2.81. The minimum Gasteiger partial charge on any atom is -0.464 e. The molecule has 160 valence electrons. The Bertz CT molecular complexity index is 360. The minimum absolute atomic E-state index is 0.0641. The van der Waals surface area contributed by atoms with Crippen molar-refractivity contribution in [1.29, 1.82) is 0 Å². The van der Waals surface area contributed by atoms with Gasteiger partial charge in [0.1, 0.15) is 6.54 Å². The SMILES string of the molecule is CCCCCCCCCCCCCCCCCOC(=O)CN(C)C(=O)OC. The lowest BCUT2D eigenvalue weighted by atomic mass is 10.0. The Hall–Kier alpha value is -1.26. The van der Waals surface area contributed by atoms with Crippen LogP contribution in [-0.4, -0.2) is 44.3 Å². The summed E-state index contributed by atoms with van der Waals surface area (Å²) >= 11 is 0. The number of likely N-dealkylation sites (N-methyl/N-ethyl adjacent to an activating group) is 1. The monoisotopic (exact) mass is 385 g/mol. The van der Waals surface area contributed by atoms with Gasteiger partial charge in [-0.05, 0) is 6.42 Å². The van der Waals surface area contributed by atoms with Gasteiger partial charge < -0.3 is 14.4 Å². The molecule has 0 unspecified atom stereocenters. The van der Waals surface area contributed by atoms with Crippen molar-refractivity contribution in [3.8, 4) is 0 Å². The molecule has 0 saturated heterocycles. The number of hydrogen-bond acceptors (Lipinski definition) is 4. The molecule has 0 N–H and O–H groups in total. The first-order valence-electron chi connectivity index (χ1n) is 11.1. The zero-order valence-electron chi connectivity index (χ0n) is 18.1. The third-order valence-corrected chi connectivity index (χ3v) is 4.86. The standard InChI is InChI=1S/C22H43NO4/c1-4-5-6-7-8-9-10-11-12-13-14-15-16-17-18-19-27-21(24)20-23(2)22(25)26-3/h4-20H2,1-3H3. The van der Waals surface area contributed by atoms with Crippen LogP contribution >= 0.6 is 0 Å². The molecule has 5 heteroatoms. The lowest BCUT2D eigenvalue weighted by molar-refractivity contribution is -0.144. The molecule has 0 bridgehead atoms. The van der Waals surface area contributed by atoms with Gasteiger partial charge in [0.05, 0.1) is 13.7 Å². The maximum absolute atomic E-state index is 11.5. The highest BCUT2D eigenvalue weighted by Crippen LogP contribution is 2.13. The van der Waals surface area contributed by atoms with E-state index in [1.165, 1.54) is 103 Å². The smallest absolute Gasteiger partial charge is 0.409 e. The molecule has 0 spiro atoms. The summed E-state index contributed by atoms with van der Waals surface area (Å²) in [5, 5.41) is 0. The predicted octanol–water partition coefficient (Wildman–Crippen LogP) is 6.10. The zero-order chi connectivity index (χ0) is 20.2. The van der Waals surface area contributed by atoms with E-state index >= 15 is 0 Å². The highest BCUT2D eigenvalue weighted by Gasteiger charge is 2.13. The molecular formula is C22H43NO4. The van der Waals surface area contributed by atoms with E-state index in [0.29, 0.717) is 6.61 Å². The van der Waals surface area contributed by atoms with E-state index < -0.39 is 6.09 Å². The van der Waals surface area contributed by atoms with E-state index in [-0.39, 0.29) is 12.5 Å². The number of hydrogen-bond donors (Lipinski definition) is 0. The normalized spacial score (nSPS) is 10.6. The summed E-state index contributed by atoms with van der Waals surface area (Å²) in [5.74, 6) is -0.381. The topological polar surface area (TPSA) is 55.8 Å². The molecule has 0 atom stereocenters. The van der Waals surface area contributed by atoms with E-state index in [1.54, 1.807) is 0 Å². The number of ether oxygens (including phenoxy) is 2. The van der Waals surface area contributed by atoms with Gasteiger partial charge in [-0.25, -0.2) is 4.79 Å². The Morgan fingerprint density at radius 1 is 0.704 bits per heavy atom. The van der Waals surface area contributed by atoms with Gasteiger partial charge in [-0.1, -0.05) is 96.8 Å². The molecule has 0 fully saturated rings. The van der Waals surface area contributed by atoms with Crippen molar-refractivity contribution in [2.45, 2.75) is 103 Å². The fraction of sp³-hybridized carbons (Fsp3) is 0.909. The summed E-state index contributed by atoms with van der Waals surface area (Å²) < 4.78 is 9.66. The van der Waals surface area contributed by atoms with Crippen LogP contribution < -0.4 is 0 Å². The summed E-state index contributed by atoms with van der Waals surface area (Å²) in [6, 6.07) is 0. The number of carbonyl (C=O) groups is 2. The molecule has 0 saturated carbocycles. The number of esters is 1. The van der Waals surface area contributed by atoms with Gasteiger partial charge in [0.2, 0.25) is 0 Å². The van der Waals surface area contributed by atoms with E-state index in [4.69, 9.17) is 4.74 Å². The van der Waals surface area contributed by atoms with Crippen LogP contribution in [-0.2, 0) is 14.3 Å². The first kappa shape index (κ1) is 25.7. The number of carbonyl (C=O) groups excluding carboxylic acids is 2.